The van der Waals surface area contributed by atoms with Crippen molar-refractivity contribution in [1.82, 2.24) is 0 Å². The predicted octanol–water partition coefficient (Wildman–Crippen LogP) is 7.35. The number of fused-ring (bicyclic) bond motifs is 7. The molecule has 10 nitrogen and oxygen atoms in total. The van der Waals surface area contributed by atoms with Crippen molar-refractivity contribution in [2.75, 3.05) is 13.2 Å². The number of rotatable bonds is 7. The SMILES string of the molecule is C[C@H]1CC[C@@]2(OC1)O[C@H]1C[C@H]3[C@@H]4CC[C@@H]5C[C@@H](OC6OC(COC(=O)c7ccccc7)C(O)C(OC(=O)c7ccccc7)C6O)CC[C@]5(C)[C@H]4CC[C@]3(C)[C@H]1[C@@H]2C. The summed E-state index contributed by atoms with van der Waals surface area (Å²) in [5.74, 6) is 2.40. The van der Waals surface area contributed by atoms with Crippen LogP contribution in [-0.4, -0.2) is 84.1 Å². The molecule has 2 N–H and O–H groups in total. The quantitative estimate of drug-likeness (QED) is 0.217. The summed E-state index contributed by atoms with van der Waals surface area (Å²) in [5, 5.41) is 23.0. The molecule has 2 aromatic rings. The maximum atomic E-state index is 13.2. The van der Waals surface area contributed by atoms with Crippen LogP contribution in [0.15, 0.2) is 60.7 Å². The van der Waals surface area contributed by atoms with Gasteiger partial charge in [-0.15, -0.1) is 0 Å². The van der Waals surface area contributed by atoms with Crippen LogP contribution in [0.3, 0.4) is 0 Å². The molecule has 0 bridgehead atoms. The van der Waals surface area contributed by atoms with Crippen molar-refractivity contribution in [2.24, 2.45) is 52.3 Å². The van der Waals surface area contributed by atoms with Gasteiger partial charge in [0.2, 0.25) is 0 Å². The number of aliphatic hydroxyl groups is 2. The van der Waals surface area contributed by atoms with Gasteiger partial charge in [0, 0.05) is 12.3 Å². The molecular formula is C47H62O10. The number of hydrogen-bond donors (Lipinski definition) is 2. The van der Waals surface area contributed by atoms with E-state index in [0.717, 1.165) is 45.1 Å². The number of aliphatic hydroxyl groups excluding tert-OH is 2. The zero-order chi connectivity index (χ0) is 39.7. The summed E-state index contributed by atoms with van der Waals surface area (Å²) in [5.41, 5.74) is 1.12. The van der Waals surface area contributed by atoms with Crippen LogP contribution in [0.5, 0.6) is 0 Å². The highest BCUT2D eigenvalue weighted by Gasteiger charge is 2.69. The summed E-state index contributed by atoms with van der Waals surface area (Å²) in [6, 6.07) is 17.0. The van der Waals surface area contributed by atoms with Crippen LogP contribution < -0.4 is 0 Å². The topological polar surface area (TPSA) is 130 Å². The first-order chi connectivity index (χ1) is 27.4. The lowest BCUT2D eigenvalue weighted by Crippen LogP contribution is -2.61. The molecule has 310 valence electrons. The molecule has 3 heterocycles. The van der Waals surface area contributed by atoms with Crippen LogP contribution in [0.4, 0.5) is 0 Å². The van der Waals surface area contributed by atoms with Gasteiger partial charge in [0.25, 0.3) is 0 Å². The van der Waals surface area contributed by atoms with Gasteiger partial charge in [-0.3, -0.25) is 0 Å². The Morgan fingerprint density at radius 3 is 2.19 bits per heavy atom. The van der Waals surface area contributed by atoms with Crippen molar-refractivity contribution >= 4 is 11.9 Å². The second-order valence-corrected chi connectivity index (χ2v) is 19.4. The lowest BCUT2D eigenvalue weighted by Gasteiger charge is -2.61. The summed E-state index contributed by atoms with van der Waals surface area (Å²) < 4.78 is 37.7. The average Bonchev–Trinajstić information content (AvgIpc) is 3.67. The third-order valence-electron chi connectivity index (χ3n) is 16.5. The van der Waals surface area contributed by atoms with Crippen molar-refractivity contribution in [3.05, 3.63) is 71.8 Å². The first-order valence-corrected chi connectivity index (χ1v) is 21.9. The Bertz CT molecular complexity index is 1750. The zero-order valence-electron chi connectivity index (χ0n) is 34.0. The first-order valence-electron chi connectivity index (χ1n) is 21.9. The van der Waals surface area contributed by atoms with E-state index in [1.807, 2.05) is 0 Å². The average molecular weight is 787 g/mol. The molecular weight excluding hydrogens is 725 g/mol. The Labute approximate surface area is 337 Å². The van der Waals surface area contributed by atoms with Gasteiger partial charge in [-0.1, -0.05) is 64.1 Å². The molecule has 0 amide bonds. The third kappa shape index (κ3) is 6.88. The molecule has 0 aromatic heterocycles. The van der Waals surface area contributed by atoms with Crippen LogP contribution in [0.25, 0.3) is 0 Å². The van der Waals surface area contributed by atoms with Crippen LogP contribution in [0.1, 0.15) is 113 Å². The van der Waals surface area contributed by atoms with Gasteiger partial charge in [-0.25, -0.2) is 9.59 Å². The third-order valence-corrected chi connectivity index (χ3v) is 16.5. The lowest BCUT2D eigenvalue weighted by atomic mass is 9.44. The van der Waals surface area contributed by atoms with Gasteiger partial charge in [0.15, 0.2) is 18.2 Å². The Kier molecular flexibility index (Phi) is 10.6. The fourth-order valence-corrected chi connectivity index (χ4v) is 13.4. The van der Waals surface area contributed by atoms with Gasteiger partial charge in [0.1, 0.15) is 24.9 Å². The fourth-order valence-electron chi connectivity index (χ4n) is 13.4. The zero-order valence-corrected chi connectivity index (χ0v) is 34.0. The molecule has 1 spiro atoms. The smallest absolute Gasteiger partial charge is 0.338 e. The number of carbonyl (C=O) groups excluding carboxylic acids is 2. The molecule has 7 fully saturated rings. The number of carbonyl (C=O) groups is 2. The van der Waals surface area contributed by atoms with E-state index in [-0.39, 0.29) is 29.1 Å². The van der Waals surface area contributed by atoms with Crippen molar-refractivity contribution in [3.63, 3.8) is 0 Å². The second kappa shape index (κ2) is 15.3. The Hall–Kier alpha value is -2.86. The lowest BCUT2D eigenvalue weighted by molar-refractivity contribution is -0.315. The van der Waals surface area contributed by atoms with E-state index in [4.69, 9.17) is 28.4 Å². The van der Waals surface area contributed by atoms with E-state index in [0.29, 0.717) is 53.1 Å². The van der Waals surface area contributed by atoms with Gasteiger partial charge >= 0.3 is 11.9 Å². The molecule has 2 aromatic carbocycles. The Morgan fingerprint density at radius 1 is 0.789 bits per heavy atom. The minimum atomic E-state index is -1.47. The molecule has 4 aliphatic carbocycles. The monoisotopic (exact) mass is 786 g/mol. The molecule has 9 rings (SSSR count). The van der Waals surface area contributed by atoms with E-state index >= 15 is 0 Å². The number of benzene rings is 2. The molecule has 5 unspecified atom stereocenters. The predicted molar refractivity (Wildman–Crippen MR) is 210 cm³/mol. The largest absolute Gasteiger partial charge is 0.459 e. The molecule has 7 aliphatic rings. The van der Waals surface area contributed by atoms with E-state index in [1.165, 1.54) is 25.7 Å². The highest BCUT2D eigenvalue weighted by atomic mass is 16.7. The minimum Gasteiger partial charge on any atom is -0.459 e. The highest BCUT2D eigenvalue weighted by molar-refractivity contribution is 5.90. The van der Waals surface area contributed by atoms with Crippen molar-refractivity contribution in [3.8, 4) is 0 Å². The summed E-state index contributed by atoms with van der Waals surface area (Å²) in [4.78, 5) is 26.0. The highest BCUT2D eigenvalue weighted by Crippen LogP contribution is 2.71. The maximum absolute atomic E-state index is 13.2. The summed E-state index contributed by atoms with van der Waals surface area (Å²) >= 11 is 0. The molecule has 57 heavy (non-hydrogen) atoms. The van der Waals surface area contributed by atoms with E-state index in [2.05, 4.69) is 27.7 Å². The number of esters is 2. The summed E-state index contributed by atoms with van der Waals surface area (Å²) in [7, 11) is 0. The normalized spacial score (nSPS) is 46.3. The second-order valence-electron chi connectivity index (χ2n) is 19.4. The molecule has 0 radical (unpaired) electrons. The van der Waals surface area contributed by atoms with Crippen LogP contribution in [0, 0.1) is 52.3 Å². The van der Waals surface area contributed by atoms with Gasteiger partial charge < -0.3 is 38.6 Å². The standard InChI is InChI=1S/C47H62O10/c1-27-17-22-47(53-25-27)28(2)38-36(57-47)24-35-33-16-15-31-23-32(18-20-45(31,3)34(33)19-21-46(35,38)4)54-44-40(49)41(56-43(51)30-13-9-6-10-14-30)39(48)37(55-44)26-52-42(50)29-11-7-5-8-12-29/h5-14,27-28,31-41,44,48-49H,15-26H2,1-4H3/t27-,28-,31+,32-,33+,34-,35-,36-,37?,38-,39?,40?,41?,44?,45-,46-,47+/m0/s1. The van der Waals surface area contributed by atoms with Crippen LogP contribution in [0.2, 0.25) is 0 Å². The van der Waals surface area contributed by atoms with Gasteiger partial charge in [0.05, 0.1) is 29.9 Å². The maximum Gasteiger partial charge on any atom is 0.338 e. The molecule has 4 saturated carbocycles. The number of hydrogen-bond acceptors (Lipinski definition) is 10. The summed E-state index contributed by atoms with van der Waals surface area (Å²) in [6.45, 7) is 10.3. The fraction of sp³-hybridized carbons (Fsp3) is 0.702. The molecule has 17 atom stereocenters. The Morgan fingerprint density at radius 2 is 1.49 bits per heavy atom. The van der Waals surface area contributed by atoms with Crippen molar-refractivity contribution in [1.29, 1.82) is 0 Å². The van der Waals surface area contributed by atoms with E-state index < -0.39 is 48.4 Å². The Balaban J connectivity index is 0.870. The van der Waals surface area contributed by atoms with Crippen LogP contribution >= 0.6 is 0 Å². The minimum absolute atomic E-state index is 0.184. The molecule has 3 aliphatic heterocycles. The summed E-state index contributed by atoms with van der Waals surface area (Å²) in [6.07, 6.45) is 4.42. The van der Waals surface area contributed by atoms with E-state index in [1.54, 1.807) is 60.7 Å². The van der Waals surface area contributed by atoms with Gasteiger partial charge in [-0.2, -0.15) is 0 Å². The van der Waals surface area contributed by atoms with E-state index in [9.17, 15) is 19.8 Å². The molecule has 3 saturated heterocycles. The van der Waals surface area contributed by atoms with Gasteiger partial charge in [-0.05, 0) is 128 Å². The first kappa shape index (κ1) is 39.6. The van der Waals surface area contributed by atoms with Crippen LogP contribution in [-0.2, 0) is 28.4 Å². The van der Waals surface area contributed by atoms with Crippen molar-refractivity contribution in [2.45, 2.75) is 141 Å². The van der Waals surface area contributed by atoms with Crippen molar-refractivity contribution < 1.29 is 48.2 Å². The number of ether oxygens (including phenoxy) is 6. The molecule has 10 heteroatoms.